The molecule has 1 fully saturated rings. The molecule has 0 aliphatic carbocycles. The third-order valence-corrected chi connectivity index (χ3v) is 6.63. The zero-order chi connectivity index (χ0) is 19.8. The number of thioether (sulfide) groups is 1. The molecule has 1 aromatic carbocycles. The van der Waals surface area contributed by atoms with Gasteiger partial charge in [-0.05, 0) is 43.7 Å². The lowest BCUT2D eigenvalue weighted by molar-refractivity contribution is 0.229. The largest absolute Gasteiger partial charge is 0.493 e. The van der Waals surface area contributed by atoms with E-state index in [1.54, 1.807) is 7.11 Å². The van der Waals surface area contributed by atoms with Crippen molar-refractivity contribution in [3.63, 3.8) is 0 Å². The van der Waals surface area contributed by atoms with Crippen LogP contribution in [0.25, 0.3) is 0 Å². The van der Waals surface area contributed by atoms with Crippen molar-refractivity contribution in [3.05, 3.63) is 52.3 Å². The van der Waals surface area contributed by atoms with Crippen LogP contribution in [0.5, 0.6) is 11.5 Å². The molecule has 0 N–H and O–H groups in total. The molecular weight excluding hydrogens is 438 g/mol. The second-order valence-electron chi connectivity index (χ2n) is 7.33. The summed E-state index contributed by atoms with van der Waals surface area (Å²) < 4.78 is 12.6. The Morgan fingerprint density at radius 1 is 1.25 bits per heavy atom. The Kier molecular flexibility index (Phi) is 5.56. The van der Waals surface area contributed by atoms with Crippen molar-refractivity contribution < 1.29 is 9.47 Å². The molecule has 0 bridgehead atoms. The fourth-order valence-electron chi connectivity index (χ4n) is 3.74. The Morgan fingerprint density at radius 2 is 2.07 bits per heavy atom. The summed E-state index contributed by atoms with van der Waals surface area (Å²) in [6.45, 7) is 7.24. The molecule has 2 aliphatic heterocycles. The summed E-state index contributed by atoms with van der Waals surface area (Å²) in [5, 5.41) is 1.62. The minimum absolute atomic E-state index is 0.0472. The molecule has 3 heterocycles. The smallest absolute Gasteiger partial charge is 0.162 e. The van der Waals surface area contributed by atoms with E-state index >= 15 is 0 Å². The molecule has 1 aromatic heterocycles. The highest BCUT2D eigenvalue weighted by atomic mass is 79.9. The molecule has 0 unspecified atom stereocenters. The number of ether oxygens (including phenoxy) is 2. The first kappa shape index (κ1) is 19.6. The van der Waals surface area contributed by atoms with Crippen molar-refractivity contribution >= 4 is 32.9 Å². The summed E-state index contributed by atoms with van der Waals surface area (Å²) >= 11 is 5.62. The number of fused-ring (bicyclic) bond motifs is 1. The number of nitrogens with zero attached hydrogens (tertiary/aromatic N) is 3. The quantitative estimate of drug-likeness (QED) is 0.609. The molecule has 0 spiro atoms. The van der Waals surface area contributed by atoms with E-state index in [9.17, 15) is 0 Å². The van der Waals surface area contributed by atoms with Crippen molar-refractivity contribution in [3.8, 4) is 11.5 Å². The van der Waals surface area contributed by atoms with Gasteiger partial charge in [0.25, 0.3) is 0 Å². The lowest BCUT2D eigenvalue weighted by Crippen LogP contribution is -2.29. The number of methoxy groups -OCH3 is 1. The van der Waals surface area contributed by atoms with Crippen molar-refractivity contribution in [2.24, 2.45) is 4.99 Å². The van der Waals surface area contributed by atoms with Gasteiger partial charge in [0.1, 0.15) is 6.04 Å². The lowest BCUT2D eigenvalue weighted by Gasteiger charge is -2.29. The van der Waals surface area contributed by atoms with Crippen LogP contribution in [0.1, 0.15) is 44.1 Å². The van der Waals surface area contributed by atoms with E-state index in [-0.39, 0.29) is 18.2 Å². The second-order valence-corrected chi connectivity index (χ2v) is 9.59. The third kappa shape index (κ3) is 3.62. The monoisotopic (exact) mass is 461 g/mol. The maximum atomic E-state index is 5.94. The van der Waals surface area contributed by atoms with Crippen molar-refractivity contribution in [2.75, 3.05) is 13.7 Å². The Hall–Kier alpha value is -1.73. The molecular formula is C21H24BrN3O2S. The molecule has 4 rings (SSSR count). The number of rotatable bonds is 5. The maximum Gasteiger partial charge on any atom is 0.162 e. The maximum absolute atomic E-state index is 5.94. The Labute approximate surface area is 178 Å². The van der Waals surface area contributed by atoms with E-state index < -0.39 is 0 Å². The highest BCUT2D eigenvalue weighted by Crippen LogP contribution is 2.50. The van der Waals surface area contributed by atoms with Gasteiger partial charge in [-0.3, -0.25) is 9.98 Å². The number of aliphatic imine (C=N–C) groups is 1. The van der Waals surface area contributed by atoms with Gasteiger partial charge in [-0.1, -0.05) is 40.7 Å². The van der Waals surface area contributed by atoms with Crippen LogP contribution >= 0.6 is 27.7 Å². The minimum Gasteiger partial charge on any atom is -0.493 e. The van der Waals surface area contributed by atoms with E-state index in [4.69, 9.17) is 14.5 Å². The van der Waals surface area contributed by atoms with E-state index in [2.05, 4.69) is 44.9 Å². The fraction of sp³-hybridized carbons (Fsp3) is 0.429. The van der Waals surface area contributed by atoms with Crippen LogP contribution in [-0.2, 0) is 0 Å². The van der Waals surface area contributed by atoms with E-state index in [0.29, 0.717) is 5.25 Å². The molecule has 5 nitrogen and oxygen atoms in total. The summed E-state index contributed by atoms with van der Waals surface area (Å²) in [6, 6.07) is 10.1. The Bertz CT molecular complexity index is 891. The van der Waals surface area contributed by atoms with Crippen LogP contribution < -0.4 is 9.47 Å². The number of hydrogen-bond donors (Lipinski definition) is 0. The molecule has 1 saturated heterocycles. The van der Waals surface area contributed by atoms with Crippen LogP contribution in [0.15, 0.2) is 46.0 Å². The highest BCUT2D eigenvalue weighted by Gasteiger charge is 2.44. The van der Waals surface area contributed by atoms with Crippen LogP contribution in [0, 0.1) is 0 Å². The molecule has 0 saturated carbocycles. The summed E-state index contributed by atoms with van der Waals surface area (Å²) in [7, 11) is 1.68. The van der Waals surface area contributed by atoms with Gasteiger partial charge < -0.3 is 14.4 Å². The summed E-state index contributed by atoms with van der Waals surface area (Å²) in [5.41, 5.74) is 2.12. The summed E-state index contributed by atoms with van der Waals surface area (Å²) in [4.78, 5) is 12.0. The zero-order valence-corrected chi connectivity index (χ0v) is 18.8. The molecule has 0 amide bonds. The van der Waals surface area contributed by atoms with E-state index in [0.717, 1.165) is 38.9 Å². The SMILES string of the molecule is COc1cc([C@@H]2[C@H](c3ccccn3)N=C3S[C@H](C)CN32)c(Br)cc1OC(C)C. The standard InChI is InChI=1S/C21H24BrN3O2S/c1-12(2)27-18-10-15(22)14(9-17(18)26-4)20-19(16-7-5-6-8-23-16)24-21-25(20)11-13(3)28-21/h5-10,12-13,19-20H,11H2,1-4H3/t13-,19+,20-/m1/s1. The van der Waals surface area contributed by atoms with Gasteiger partial charge >= 0.3 is 0 Å². The molecule has 28 heavy (non-hydrogen) atoms. The second kappa shape index (κ2) is 7.95. The van der Waals surface area contributed by atoms with Crippen LogP contribution in [0.4, 0.5) is 0 Å². The van der Waals surface area contributed by atoms with E-state index in [1.165, 1.54) is 0 Å². The number of hydrogen-bond acceptors (Lipinski definition) is 6. The predicted octanol–water partition coefficient (Wildman–Crippen LogP) is 5.23. The van der Waals surface area contributed by atoms with Gasteiger partial charge in [0.15, 0.2) is 16.7 Å². The minimum atomic E-state index is -0.0472. The van der Waals surface area contributed by atoms with Crippen molar-refractivity contribution in [1.82, 2.24) is 9.88 Å². The normalized spacial score (nSPS) is 23.7. The highest BCUT2D eigenvalue weighted by molar-refractivity contribution is 9.10. The number of amidine groups is 1. The molecule has 7 heteroatoms. The van der Waals surface area contributed by atoms with Gasteiger partial charge in [-0.25, -0.2) is 0 Å². The van der Waals surface area contributed by atoms with Crippen LogP contribution in [0.2, 0.25) is 0 Å². The Morgan fingerprint density at radius 3 is 2.75 bits per heavy atom. The fourth-order valence-corrected chi connectivity index (χ4v) is 5.39. The first-order valence-corrected chi connectivity index (χ1v) is 11.1. The number of aromatic nitrogens is 1. The molecule has 2 aromatic rings. The molecule has 0 radical (unpaired) electrons. The van der Waals surface area contributed by atoms with E-state index in [1.807, 2.05) is 50.0 Å². The van der Waals surface area contributed by atoms with Crippen LogP contribution in [-0.4, -0.2) is 40.1 Å². The van der Waals surface area contributed by atoms with Crippen LogP contribution in [0.3, 0.4) is 0 Å². The predicted molar refractivity (Wildman–Crippen MR) is 117 cm³/mol. The number of pyridine rings is 1. The van der Waals surface area contributed by atoms with Crippen molar-refractivity contribution in [1.29, 1.82) is 0 Å². The average molecular weight is 462 g/mol. The topological polar surface area (TPSA) is 47.0 Å². The zero-order valence-electron chi connectivity index (χ0n) is 16.4. The van der Waals surface area contributed by atoms with Crippen molar-refractivity contribution in [2.45, 2.75) is 44.2 Å². The number of benzene rings is 1. The summed E-state index contributed by atoms with van der Waals surface area (Å²) in [5.74, 6) is 1.48. The molecule has 3 atom stereocenters. The first-order chi connectivity index (χ1) is 13.5. The number of halogens is 1. The van der Waals surface area contributed by atoms with Gasteiger partial charge in [0.2, 0.25) is 0 Å². The Balaban J connectivity index is 1.79. The summed E-state index contributed by atoms with van der Waals surface area (Å²) in [6.07, 6.45) is 1.91. The van der Waals surface area contributed by atoms with Gasteiger partial charge in [0.05, 0.1) is 24.9 Å². The third-order valence-electron chi connectivity index (χ3n) is 4.85. The average Bonchev–Trinajstić information content (AvgIpc) is 3.18. The molecule has 148 valence electrons. The van der Waals surface area contributed by atoms with Gasteiger partial charge in [-0.2, -0.15) is 0 Å². The van der Waals surface area contributed by atoms with Gasteiger partial charge in [-0.15, -0.1) is 0 Å². The van der Waals surface area contributed by atoms with Gasteiger partial charge in [0, 0.05) is 22.5 Å². The first-order valence-electron chi connectivity index (χ1n) is 9.44. The molecule has 2 aliphatic rings. The lowest BCUT2D eigenvalue weighted by atomic mass is 9.96.